The third-order valence-corrected chi connectivity index (χ3v) is 4.28. The molecule has 0 radical (unpaired) electrons. The average molecular weight is 253 g/mol. The van der Waals surface area contributed by atoms with E-state index in [1.165, 1.54) is 37.7 Å². The lowest BCUT2D eigenvalue weighted by Gasteiger charge is -2.35. The van der Waals surface area contributed by atoms with E-state index in [1.54, 1.807) is 0 Å². The Bertz CT molecular complexity index is 317. The van der Waals surface area contributed by atoms with Crippen LogP contribution in [0.5, 0.6) is 0 Å². The Morgan fingerprint density at radius 2 is 1.76 bits per heavy atom. The second kappa shape index (κ2) is 6.42. The molecular weight excluding hydrogens is 232 g/mol. The van der Waals surface area contributed by atoms with Crippen molar-refractivity contribution in [2.75, 3.05) is 12.5 Å². The summed E-state index contributed by atoms with van der Waals surface area (Å²) < 4.78 is 5.87. The van der Waals surface area contributed by atoms with Crippen molar-refractivity contribution in [2.45, 2.75) is 38.7 Å². The van der Waals surface area contributed by atoms with Crippen molar-refractivity contribution in [2.24, 2.45) is 5.41 Å². The minimum absolute atomic E-state index is 0.245. The molecule has 0 aromatic heterocycles. The van der Waals surface area contributed by atoms with Crippen LogP contribution >= 0.6 is 11.6 Å². The molecule has 17 heavy (non-hydrogen) atoms. The van der Waals surface area contributed by atoms with E-state index < -0.39 is 0 Å². The van der Waals surface area contributed by atoms with Gasteiger partial charge in [0.15, 0.2) is 0 Å². The van der Waals surface area contributed by atoms with E-state index in [9.17, 15) is 0 Å². The van der Waals surface area contributed by atoms with Crippen LogP contribution in [0.4, 0.5) is 0 Å². The van der Waals surface area contributed by atoms with Crippen molar-refractivity contribution in [1.29, 1.82) is 0 Å². The first-order valence-electron chi connectivity index (χ1n) is 6.52. The Morgan fingerprint density at radius 3 is 2.41 bits per heavy atom. The Hall–Kier alpha value is -0.530. The summed E-state index contributed by atoms with van der Waals surface area (Å²) in [4.78, 5) is 0. The minimum Gasteiger partial charge on any atom is -0.376 e. The van der Waals surface area contributed by atoms with Gasteiger partial charge in [-0.05, 0) is 18.4 Å². The fourth-order valence-corrected chi connectivity index (χ4v) is 2.92. The zero-order chi connectivity index (χ0) is 12.0. The molecule has 0 unspecified atom stereocenters. The first-order valence-corrected chi connectivity index (χ1v) is 7.06. The molecule has 0 saturated heterocycles. The molecule has 1 aliphatic rings. The molecule has 0 amide bonds. The van der Waals surface area contributed by atoms with Gasteiger partial charge in [-0.3, -0.25) is 0 Å². The van der Waals surface area contributed by atoms with Crippen molar-refractivity contribution >= 4 is 11.6 Å². The van der Waals surface area contributed by atoms with E-state index in [-0.39, 0.29) is 5.41 Å². The zero-order valence-corrected chi connectivity index (χ0v) is 11.1. The maximum atomic E-state index is 6.14. The van der Waals surface area contributed by atoms with E-state index in [2.05, 4.69) is 24.3 Å². The van der Waals surface area contributed by atoms with Gasteiger partial charge in [0.25, 0.3) is 0 Å². The summed E-state index contributed by atoms with van der Waals surface area (Å²) in [5.74, 6) is 0.738. The fraction of sp³-hybridized carbons (Fsp3) is 0.600. The molecule has 1 fully saturated rings. The molecule has 0 N–H and O–H groups in total. The van der Waals surface area contributed by atoms with Crippen molar-refractivity contribution in [3.8, 4) is 0 Å². The standard InChI is InChI=1S/C15H21ClO/c16-12-15(9-5-2-6-10-15)13-17-11-14-7-3-1-4-8-14/h1,3-4,7-8H,2,5-6,9-13H2. The summed E-state index contributed by atoms with van der Waals surface area (Å²) in [6.07, 6.45) is 6.43. The molecule has 0 atom stereocenters. The molecule has 1 aromatic rings. The lowest BCUT2D eigenvalue weighted by Crippen LogP contribution is -2.31. The lowest BCUT2D eigenvalue weighted by molar-refractivity contribution is 0.0242. The third kappa shape index (κ3) is 3.72. The van der Waals surface area contributed by atoms with E-state index in [0.717, 1.165) is 12.5 Å². The van der Waals surface area contributed by atoms with Crippen LogP contribution in [-0.2, 0) is 11.3 Å². The van der Waals surface area contributed by atoms with Gasteiger partial charge in [-0.2, -0.15) is 0 Å². The van der Waals surface area contributed by atoms with Crippen LogP contribution < -0.4 is 0 Å². The molecular formula is C15H21ClO. The molecule has 1 aromatic carbocycles. The second-order valence-electron chi connectivity index (χ2n) is 5.17. The largest absolute Gasteiger partial charge is 0.376 e. The Labute approximate surface area is 109 Å². The van der Waals surface area contributed by atoms with E-state index >= 15 is 0 Å². The van der Waals surface area contributed by atoms with Gasteiger partial charge in [0.1, 0.15) is 0 Å². The van der Waals surface area contributed by atoms with Gasteiger partial charge in [0.05, 0.1) is 13.2 Å². The van der Waals surface area contributed by atoms with E-state index in [4.69, 9.17) is 16.3 Å². The molecule has 0 heterocycles. The molecule has 1 aliphatic carbocycles. The maximum absolute atomic E-state index is 6.14. The quantitative estimate of drug-likeness (QED) is 0.706. The molecule has 2 rings (SSSR count). The number of halogens is 1. The first kappa shape index (κ1) is 12.9. The SMILES string of the molecule is ClCC1(COCc2ccccc2)CCCCC1. The van der Waals surface area contributed by atoms with Crippen molar-refractivity contribution in [1.82, 2.24) is 0 Å². The number of alkyl halides is 1. The van der Waals surface area contributed by atoms with Crippen LogP contribution in [0, 0.1) is 5.41 Å². The molecule has 2 heteroatoms. The molecule has 94 valence electrons. The first-order chi connectivity index (χ1) is 8.35. The lowest BCUT2D eigenvalue weighted by atomic mass is 9.76. The maximum Gasteiger partial charge on any atom is 0.0717 e. The van der Waals surface area contributed by atoms with Gasteiger partial charge < -0.3 is 4.74 Å². The molecule has 0 bridgehead atoms. The Balaban J connectivity index is 1.80. The summed E-state index contributed by atoms with van der Waals surface area (Å²) in [5.41, 5.74) is 1.49. The summed E-state index contributed by atoms with van der Waals surface area (Å²) >= 11 is 6.14. The van der Waals surface area contributed by atoms with Crippen molar-refractivity contribution in [3.63, 3.8) is 0 Å². The summed E-state index contributed by atoms with van der Waals surface area (Å²) in [6, 6.07) is 10.3. The van der Waals surface area contributed by atoms with Crippen LogP contribution in [0.2, 0.25) is 0 Å². The van der Waals surface area contributed by atoms with Gasteiger partial charge in [0, 0.05) is 11.3 Å². The van der Waals surface area contributed by atoms with Crippen molar-refractivity contribution in [3.05, 3.63) is 35.9 Å². The summed E-state index contributed by atoms with van der Waals surface area (Å²) in [6.45, 7) is 1.52. The van der Waals surface area contributed by atoms with Crippen LogP contribution in [0.1, 0.15) is 37.7 Å². The predicted octanol–water partition coefficient (Wildman–Crippen LogP) is 4.39. The Morgan fingerprint density at radius 1 is 1.06 bits per heavy atom. The fourth-order valence-electron chi connectivity index (χ4n) is 2.58. The van der Waals surface area contributed by atoms with Crippen LogP contribution in [-0.4, -0.2) is 12.5 Å². The molecule has 0 aliphatic heterocycles. The van der Waals surface area contributed by atoms with Gasteiger partial charge in [-0.15, -0.1) is 11.6 Å². The predicted molar refractivity (Wildman–Crippen MR) is 72.3 cm³/mol. The van der Waals surface area contributed by atoms with E-state index in [1.807, 2.05) is 6.07 Å². The highest BCUT2D eigenvalue weighted by atomic mass is 35.5. The Kier molecular flexibility index (Phi) is 4.87. The molecule has 0 spiro atoms. The average Bonchev–Trinajstić information content (AvgIpc) is 2.41. The van der Waals surface area contributed by atoms with Gasteiger partial charge in [-0.1, -0.05) is 49.6 Å². The number of rotatable bonds is 5. The number of ether oxygens (including phenoxy) is 1. The highest BCUT2D eigenvalue weighted by Gasteiger charge is 2.31. The van der Waals surface area contributed by atoms with Gasteiger partial charge in [-0.25, -0.2) is 0 Å². The van der Waals surface area contributed by atoms with Crippen molar-refractivity contribution < 1.29 is 4.74 Å². The van der Waals surface area contributed by atoms with E-state index in [0.29, 0.717) is 6.61 Å². The number of hydrogen-bond acceptors (Lipinski definition) is 1. The third-order valence-electron chi connectivity index (χ3n) is 3.72. The summed E-state index contributed by atoms with van der Waals surface area (Å²) in [7, 11) is 0. The van der Waals surface area contributed by atoms with Gasteiger partial charge in [0.2, 0.25) is 0 Å². The zero-order valence-electron chi connectivity index (χ0n) is 10.3. The van der Waals surface area contributed by atoms with Crippen LogP contribution in [0.3, 0.4) is 0 Å². The monoisotopic (exact) mass is 252 g/mol. The number of hydrogen-bond donors (Lipinski definition) is 0. The summed E-state index contributed by atoms with van der Waals surface area (Å²) in [5, 5.41) is 0. The van der Waals surface area contributed by atoms with Gasteiger partial charge >= 0.3 is 0 Å². The van der Waals surface area contributed by atoms with Crippen LogP contribution in [0.15, 0.2) is 30.3 Å². The highest BCUT2D eigenvalue weighted by Crippen LogP contribution is 2.37. The molecule has 1 nitrogen and oxygen atoms in total. The normalized spacial score (nSPS) is 19.1. The van der Waals surface area contributed by atoms with Crippen LogP contribution in [0.25, 0.3) is 0 Å². The highest BCUT2D eigenvalue weighted by molar-refractivity contribution is 6.18. The smallest absolute Gasteiger partial charge is 0.0717 e. The topological polar surface area (TPSA) is 9.23 Å². The minimum atomic E-state index is 0.245. The number of benzene rings is 1. The molecule has 1 saturated carbocycles. The second-order valence-corrected chi connectivity index (χ2v) is 5.44.